The van der Waals surface area contributed by atoms with E-state index in [4.69, 9.17) is 0 Å². The molecule has 0 aliphatic rings. The summed E-state index contributed by atoms with van der Waals surface area (Å²) in [5, 5.41) is 13.2. The highest BCUT2D eigenvalue weighted by atomic mass is 79.9. The summed E-state index contributed by atoms with van der Waals surface area (Å²) in [5.41, 5.74) is 0.346. The van der Waals surface area contributed by atoms with Crippen molar-refractivity contribution in [3.05, 3.63) is 55.2 Å². The number of amides is 1. The molecule has 1 amide bonds. The van der Waals surface area contributed by atoms with Crippen LogP contribution in [0.2, 0.25) is 0 Å². The maximum atomic E-state index is 11.8. The van der Waals surface area contributed by atoms with Crippen molar-refractivity contribution in [2.45, 2.75) is 0 Å². The van der Waals surface area contributed by atoms with Crippen LogP contribution in [-0.2, 0) is 0 Å². The molecule has 0 saturated heterocycles. The number of hydrogen-bond donors (Lipinski definition) is 1. The Morgan fingerprint density at radius 2 is 2.11 bits per heavy atom. The molecule has 0 radical (unpaired) electrons. The first-order valence-electron chi connectivity index (χ1n) is 4.87. The second-order valence-corrected chi connectivity index (χ2v) is 5.83. The molecule has 2 aromatic rings. The lowest BCUT2D eigenvalue weighted by Crippen LogP contribution is -2.10. The van der Waals surface area contributed by atoms with Crippen LogP contribution < -0.4 is 5.32 Å². The first-order chi connectivity index (χ1) is 8.56. The molecule has 0 bridgehead atoms. The predicted octanol–water partition coefficient (Wildman–Crippen LogP) is 3.67. The highest BCUT2D eigenvalue weighted by Crippen LogP contribution is 2.23. The lowest BCUT2D eigenvalue weighted by molar-refractivity contribution is -0.384. The van der Waals surface area contributed by atoms with Crippen molar-refractivity contribution >= 4 is 44.5 Å². The highest BCUT2D eigenvalue weighted by molar-refractivity contribution is 9.11. The van der Waals surface area contributed by atoms with Gasteiger partial charge in [0, 0.05) is 17.8 Å². The van der Waals surface area contributed by atoms with E-state index in [0.29, 0.717) is 10.6 Å². The van der Waals surface area contributed by atoms with Crippen LogP contribution in [0.4, 0.5) is 11.4 Å². The summed E-state index contributed by atoms with van der Waals surface area (Å²) in [4.78, 5) is 22.5. The SMILES string of the molecule is O=C(Nc1cccc([N+](=O)[O-])c1)c1ccc(Br)s1. The van der Waals surface area contributed by atoms with Crippen LogP contribution >= 0.6 is 27.3 Å². The second-order valence-electron chi connectivity index (χ2n) is 3.37. The topological polar surface area (TPSA) is 72.2 Å². The summed E-state index contributed by atoms with van der Waals surface area (Å²) in [7, 11) is 0. The van der Waals surface area contributed by atoms with Gasteiger partial charge in [0.25, 0.3) is 11.6 Å². The molecule has 18 heavy (non-hydrogen) atoms. The van der Waals surface area contributed by atoms with E-state index in [1.54, 1.807) is 18.2 Å². The van der Waals surface area contributed by atoms with Gasteiger partial charge in [-0.2, -0.15) is 0 Å². The number of nitro groups is 1. The summed E-state index contributed by atoms with van der Waals surface area (Å²) < 4.78 is 0.853. The number of benzene rings is 1. The number of nitro benzene ring substituents is 1. The third-order valence-corrected chi connectivity index (χ3v) is 3.73. The maximum Gasteiger partial charge on any atom is 0.271 e. The molecule has 5 nitrogen and oxygen atoms in total. The molecular weight excluding hydrogens is 320 g/mol. The lowest BCUT2D eigenvalue weighted by Gasteiger charge is -2.02. The third kappa shape index (κ3) is 2.93. The minimum absolute atomic E-state index is 0.0554. The molecule has 7 heteroatoms. The summed E-state index contributed by atoms with van der Waals surface area (Å²) in [5.74, 6) is -0.286. The number of non-ortho nitro benzene ring substituents is 1. The summed E-state index contributed by atoms with van der Waals surface area (Å²) >= 11 is 4.56. The summed E-state index contributed by atoms with van der Waals surface area (Å²) in [6, 6.07) is 9.28. The average Bonchev–Trinajstić information content (AvgIpc) is 2.76. The Labute approximate surface area is 115 Å². The largest absolute Gasteiger partial charge is 0.321 e. The minimum Gasteiger partial charge on any atom is -0.321 e. The van der Waals surface area contributed by atoms with E-state index in [2.05, 4.69) is 21.2 Å². The Hall–Kier alpha value is -1.73. The maximum absolute atomic E-state index is 11.8. The quantitative estimate of drug-likeness (QED) is 0.690. The van der Waals surface area contributed by atoms with Crippen molar-refractivity contribution in [2.24, 2.45) is 0 Å². The van der Waals surface area contributed by atoms with Crippen LogP contribution in [0.25, 0.3) is 0 Å². The van der Waals surface area contributed by atoms with Gasteiger partial charge in [0.05, 0.1) is 13.6 Å². The first kappa shape index (κ1) is 12.7. The van der Waals surface area contributed by atoms with E-state index in [0.717, 1.165) is 3.79 Å². The van der Waals surface area contributed by atoms with Crippen LogP contribution in [-0.4, -0.2) is 10.8 Å². The zero-order valence-corrected chi connectivity index (χ0v) is 11.3. The van der Waals surface area contributed by atoms with Crippen LogP contribution in [0.3, 0.4) is 0 Å². The van der Waals surface area contributed by atoms with Crippen molar-refractivity contribution in [2.75, 3.05) is 5.32 Å². The molecule has 92 valence electrons. The average molecular weight is 327 g/mol. The monoisotopic (exact) mass is 326 g/mol. The molecule has 0 aliphatic heterocycles. The zero-order chi connectivity index (χ0) is 13.1. The molecule has 0 aliphatic carbocycles. The predicted molar refractivity (Wildman–Crippen MR) is 73.1 cm³/mol. The number of carbonyl (C=O) groups is 1. The van der Waals surface area contributed by atoms with Crippen LogP contribution in [0, 0.1) is 10.1 Å². The molecule has 0 spiro atoms. The Kier molecular flexibility index (Phi) is 3.73. The number of hydrogen-bond acceptors (Lipinski definition) is 4. The minimum atomic E-state index is -0.503. The lowest BCUT2D eigenvalue weighted by atomic mass is 10.3. The standard InChI is InChI=1S/C11H7BrN2O3S/c12-10-5-4-9(18-10)11(15)13-7-2-1-3-8(6-7)14(16)17/h1-6H,(H,13,15). The Bertz CT molecular complexity index is 612. The number of nitrogens with zero attached hydrogens (tertiary/aromatic N) is 1. The van der Waals surface area contributed by atoms with Crippen LogP contribution in [0.15, 0.2) is 40.2 Å². The van der Waals surface area contributed by atoms with Gasteiger partial charge in [-0.15, -0.1) is 11.3 Å². The number of halogens is 1. The third-order valence-electron chi connectivity index (χ3n) is 2.11. The molecule has 2 rings (SSSR count). The molecule has 0 atom stereocenters. The van der Waals surface area contributed by atoms with E-state index in [-0.39, 0.29) is 11.6 Å². The number of anilines is 1. The van der Waals surface area contributed by atoms with Gasteiger partial charge in [0.15, 0.2) is 0 Å². The van der Waals surface area contributed by atoms with Gasteiger partial charge in [-0.1, -0.05) is 6.07 Å². The highest BCUT2D eigenvalue weighted by Gasteiger charge is 2.11. The van der Waals surface area contributed by atoms with Gasteiger partial charge in [-0.3, -0.25) is 14.9 Å². The number of thiophene rings is 1. The van der Waals surface area contributed by atoms with Crippen LogP contribution in [0.1, 0.15) is 9.67 Å². The molecule has 0 fully saturated rings. The van der Waals surface area contributed by atoms with Crippen LogP contribution in [0.5, 0.6) is 0 Å². The molecule has 1 aromatic carbocycles. The molecule has 0 saturated carbocycles. The smallest absolute Gasteiger partial charge is 0.271 e. The zero-order valence-electron chi connectivity index (χ0n) is 8.92. The van der Waals surface area contributed by atoms with E-state index >= 15 is 0 Å². The summed E-state index contributed by atoms with van der Waals surface area (Å²) in [6.45, 7) is 0. The fraction of sp³-hybridized carbons (Fsp3) is 0. The van der Waals surface area contributed by atoms with Gasteiger partial charge in [-0.05, 0) is 34.1 Å². The van der Waals surface area contributed by atoms with E-state index in [1.807, 2.05) is 0 Å². The molecule has 1 N–H and O–H groups in total. The Morgan fingerprint density at radius 3 is 2.72 bits per heavy atom. The fourth-order valence-electron chi connectivity index (χ4n) is 1.33. The van der Waals surface area contributed by atoms with E-state index in [1.165, 1.54) is 29.5 Å². The number of rotatable bonds is 3. The van der Waals surface area contributed by atoms with Crippen molar-refractivity contribution in [3.63, 3.8) is 0 Å². The fourth-order valence-corrected chi connectivity index (χ4v) is 2.61. The molecule has 0 unspecified atom stereocenters. The second kappa shape index (κ2) is 5.28. The van der Waals surface area contributed by atoms with Crippen molar-refractivity contribution in [1.82, 2.24) is 0 Å². The Morgan fingerprint density at radius 1 is 1.33 bits per heavy atom. The van der Waals surface area contributed by atoms with Gasteiger partial charge in [0.2, 0.25) is 0 Å². The van der Waals surface area contributed by atoms with Crippen molar-refractivity contribution in [1.29, 1.82) is 0 Å². The van der Waals surface area contributed by atoms with Crippen molar-refractivity contribution < 1.29 is 9.72 Å². The number of carbonyl (C=O) groups excluding carboxylic acids is 1. The molecule has 1 heterocycles. The molecule has 1 aromatic heterocycles. The van der Waals surface area contributed by atoms with Crippen molar-refractivity contribution in [3.8, 4) is 0 Å². The van der Waals surface area contributed by atoms with Gasteiger partial charge < -0.3 is 5.32 Å². The normalized spacial score (nSPS) is 10.1. The number of nitrogens with one attached hydrogen (secondary N) is 1. The van der Waals surface area contributed by atoms with Gasteiger partial charge in [-0.25, -0.2) is 0 Å². The van der Waals surface area contributed by atoms with E-state index < -0.39 is 4.92 Å². The Balaban J connectivity index is 2.16. The molecular formula is C11H7BrN2O3S. The van der Waals surface area contributed by atoms with Gasteiger partial charge >= 0.3 is 0 Å². The first-order valence-corrected chi connectivity index (χ1v) is 6.48. The van der Waals surface area contributed by atoms with E-state index in [9.17, 15) is 14.9 Å². The van der Waals surface area contributed by atoms with Gasteiger partial charge in [0.1, 0.15) is 0 Å². The summed E-state index contributed by atoms with van der Waals surface area (Å²) in [6.07, 6.45) is 0.